The van der Waals surface area contributed by atoms with Gasteiger partial charge in [0.25, 0.3) is 0 Å². The van der Waals surface area contributed by atoms with Crippen LogP contribution >= 0.6 is 0 Å². The summed E-state index contributed by atoms with van der Waals surface area (Å²) in [5.41, 5.74) is 2.91. The van der Waals surface area contributed by atoms with Crippen molar-refractivity contribution in [3.63, 3.8) is 0 Å². The minimum absolute atomic E-state index is 0.623. The molecule has 2 aromatic carbocycles. The van der Waals surface area contributed by atoms with Gasteiger partial charge in [-0.2, -0.15) is 0 Å². The lowest BCUT2D eigenvalue weighted by molar-refractivity contribution is 0.123. The highest BCUT2D eigenvalue weighted by atomic mass is 16.5. The third kappa shape index (κ3) is 2.11. The first-order chi connectivity index (χ1) is 9.72. The fourth-order valence-electron chi connectivity index (χ4n) is 3.69. The Morgan fingerprint density at radius 1 is 0.700 bits per heavy atom. The van der Waals surface area contributed by atoms with Gasteiger partial charge in [0.2, 0.25) is 0 Å². The largest absolute Gasteiger partial charge is 0.497 e. The summed E-state index contributed by atoms with van der Waals surface area (Å²) in [5.74, 6) is 3.67. The average molecular weight is 266 g/mol. The minimum atomic E-state index is 0.623. The number of benzene rings is 2. The Bertz CT molecular complexity index is 558. The van der Waals surface area contributed by atoms with Crippen LogP contribution in [0.25, 0.3) is 0 Å². The van der Waals surface area contributed by atoms with E-state index in [1.54, 1.807) is 7.11 Å². The highest BCUT2D eigenvalue weighted by molar-refractivity contribution is 5.37. The molecule has 0 spiro atoms. The van der Waals surface area contributed by atoms with Crippen LogP contribution in [-0.4, -0.2) is 7.11 Å². The summed E-state index contributed by atoms with van der Waals surface area (Å²) < 4.78 is 5.26. The van der Waals surface area contributed by atoms with E-state index in [-0.39, 0.29) is 0 Å². The second kappa shape index (κ2) is 5.32. The van der Waals surface area contributed by atoms with Crippen molar-refractivity contribution in [3.05, 3.63) is 65.7 Å². The highest BCUT2D eigenvalue weighted by Gasteiger charge is 2.46. The molecule has 0 aliphatic heterocycles. The molecule has 1 aliphatic carbocycles. The van der Waals surface area contributed by atoms with Gasteiger partial charge >= 0.3 is 0 Å². The molecule has 1 fully saturated rings. The Hall–Kier alpha value is -1.76. The molecular weight excluding hydrogens is 244 g/mol. The molecule has 1 aliphatic rings. The van der Waals surface area contributed by atoms with Crippen molar-refractivity contribution in [2.45, 2.75) is 25.7 Å². The van der Waals surface area contributed by atoms with Crippen molar-refractivity contribution in [2.75, 3.05) is 7.11 Å². The summed E-state index contributed by atoms with van der Waals surface area (Å²) >= 11 is 0. The Labute approximate surface area is 121 Å². The van der Waals surface area contributed by atoms with E-state index in [0.29, 0.717) is 11.8 Å². The maximum Gasteiger partial charge on any atom is 0.118 e. The Balaban J connectivity index is 1.90. The summed E-state index contributed by atoms with van der Waals surface area (Å²) in [5, 5.41) is 0. The number of hydrogen-bond acceptors (Lipinski definition) is 1. The van der Waals surface area contributed by atoms with Gasteiger partial charge in [-0.15, -0.1) is 0 Å². The van der Waals surface area contributed by atoms with E-state index < -0.39 is 0 Å². The Morgan fingerprint density at radius 3 is 1.70 bits per heavy atom. The van der Waals surface area contributed by atoms with Crippen molar-refractivity contribution in [3.8, 4) is 5.75 Å². The summed E-state index contributed by atoms with van der Waals surface area (Å²) in [6.07, 6.45) is 0. The maximum absolute atomic E-state index is 5.26. The number of ether oxygens (including phenoxy) is 1. The maximum atomic E-state index is 5.26. The van der Waals surface area contributed by atoms with E-state index in [4.69, 9.17) is 4.74 Å². The standard InChI is InChI=1S/C19H22O/c1-13-14(2)19(16-9-11-17(20-3)12-10-16)18(13)15-7-5-4-6-8-15/h4-14,18-19H,1-3H3/t13-,14+,18+,19+/m0/s1. The molecule has 1 nitrogen and oxygen atoms in total. The lowest BCUT2D eigenvalue weighted by Crippen LogP contribution is -2.39. The van der Waals surface area contributed by atoms with Gasteiger partial charge in [-0.25, -0.2) is 0 Å². The van der Waals surface area contributed by atoms with E-state index in [0.717, 1.165) is 17.6 Å². The van der Waals surface area contributed by atoms with Gasteiger partial charge in [-0.05, 0) is 46.9 Å². The molecule has 0 N–H and O–H groups in total. The van der Waals surface area contributed by atoms with Crippen LogP contribution in [0.4, 0.5) is 0 Å². The van der Waals surface area contributed by atoms with Crippen LogP contribution in [0.5, 0.6) is 5.75 Å². The number of methoxy groups -OCH3 is 1. The molecule has 0 aromatic heterocycles. The van der Waals surface area contributed by atoms with E-state index >= 15 is 0 Å². The summed E-state index contributed by atoms with van der Waals surface area (Å²) in [7, 11) is 1.72. The quantitative estimate of drug-likeness (QED) is 0.771. The third-order valence-electron chi connectivity index (χ3n) is 5.03. The van der Waals surface area contributed by atoms with Crippen LogP contribution in [-0.2, 0) is 0 Å². The van der Waals surface area contributed by atoms with E-state index in [1.807, 2.05) is 0 Å². The zero-order valence-corrected chi connectivity index (χ0v) is 12.4. The zero-order chi connectivity index (χ0) is 14.1. The Morgan fingerprint density at radius 2 is 1.20 bits per heavy atom. The monoisotopic (exact) mass is 266 g/mol. The fourth-order valence-corrected chi connectivity index (χ4v) is 3.69. The van der Waals surface area contributed by atoms with Gasteiger partial charge in [0.1, 0.15) is 5.75 Å². The van der Waals surface area contributed by atoms with Gasteiger partial charge < -0.3 is 4.74 Å². The highest BCUT2D eigenvalue weighted by Crippen LogP contribution is 2.57. The molecule has 1 saturated carbocycles. The van der Waals surface area contributed by atoms with Gasteiger partial charge in [-0.1, -0.05) is 56.3 Å². The molecule has 0 bridgehead atoms. The normalized spacial score (nSPS) is 28.8. The first-order valence-electron chi connectivity index (χ1n) is 7.41. The van der Waals surface area contributed by atoms with Crippen molar-refractivity contribution in [2.24, 2.45) is 11.8 Å². The third-order valence-corrected chi connectivity index (χ3v) is 5.03. The van der Waals surface area contributed by atoms with E-state index in [9.17, 15) is 0 Å². The molecule has 20 heavy (non-hydrogen) atoms. The number of hydrogen-bond donors (Lipinski definition) is 0. The van der Waals surface area contributed by atoms with Gasteiger partial charge in [0, 0.05) is 0 Å². The second-order valence-corrected chi connectivity index (χ2v) is 5.95. The Kier molecular flexibility index (Phi) is 3.52. The summed E-state index contributed by atoms with van der Waals surface area (Å²) in [6, 6.07) is 19.5. The van der Waals surface area contributed by atoms with Gasteiger partial charge in [0.05, 0.1) is 7.11 Å². The van der Waals surface area contributed by atoms with Crippen molar-refractivity contribution >= 4 is 0 Å². The van der Waals surface area contributed by atoms with Crippen molar-refractivity contribution in [1.82, 2.24) is 0 Å². The second-order valence-electron chi connectivity index (χ2n) is 5.95. The zero-order valence-electron chi connectivity index (χ0n) is 12.4. The molecule has 0 heterocycles. The van der Waals surface area contributed by atoms with Crippen molar-refractivity contribution in [1.29, 1.82) is 0 Å². The van der Waals surface area contributed by atoms with E-state index in [2.05, 4.69) is 68.4 Å². The van der Waals surface area contributed by atoms with Crippen LogP contribution in [0.1, 0.15) is 36.8 Å². The molecule has 2 aromatic rings. The SMILES string of the molecule is COc1ccc([C@H]2[C@H](C)[C@H](C)[C@@H]2c2ccccc2)cc1. The average Bonchev–Trinajstić information content (AvgIpc) is 2.52. The first-order valence-corrected chi connectivity index (χ1v) is 7.41. The lowest BCUT2D eigenvalue weighted by atomic mass is 9.54. The number of rotatable bonds is 3. The summed E-state index contributed by atoms with van der Waals surface area (Å²) in [4.78, 5) is 0. The smallest absolute Gasteiger partial charge is 0.118 e. The lowest BCUT2D eigenvalue weighted by Gasteiger charge is -2.50. The summed E-state index contributed by atoms with van der Waals surface area (Å²) in [6.45, 7) is 4.75. The minimum Gasteiger partial charge on any atom is -0.497 e. The van der Waals surface area contributed by atoms with E-state index in [1.165, 1.54) is 11.1 Å². The first kappa shape index (κ1) is 13.2. The fraction of sp³-hybridized carbons (Fsp3) is 0.368. The molecule has 0 amide bonds. The van der Waals surface area contributed by atoms with Crippen LogP contribution < -0.4 is 4.74 Å². The molecule has 1 heteroatoms. The predicted molar refractivity (Wildman–Crippen MR) is 83.2 cm³/mol. The molecule has 4 atom stereocenters. The van der Waals surface area contributed by atoms with Crippen LogP contribution in [0.2, 0.25) is 0 Å². The van der Waals surface area contributed by atoms with Gasteiger partial charge in [-0.3, -0.25) is 0 Å². The van der Waals surface area contributed by atoms with Crippen LogP contribution in [0.15, 0.2) is 54.6 Å². The van der Waals surface area contributed by atoms with Crippen molar-refractivity contribution < 1.29 is 4.74 Å². The molecule has 104 valence electrons. The topological polar surface area (TPSA) is 9.23 Å². The predicted octanol–water partition coefficient (Wildman–Crippen LogP) is 4.85. The molecule has 0 unspecified atom stereocenters. The van der Waals surface area contributed by atoms with Gasteiger partial charge in [0.15, 0.2) is 0 Å². The van der Waals surface area contributed by atoms with Crippen LogP contribution in [0.3, 0.4) is 0 Å². The van der Waals surface area contributed by atoms with Crippen LogP contribution in [0, 0.1) is 11.8 Å². The molecular formula is C19H22O. The molecule has 0 radical (unpaired) electrons. The molecule has 0 saturated heterocycles. The molecule has 3 rings (SSSR count).